The zero-order valence-electron chi connectivity index (χ0n) is 26.3. The van der Waals surface area contributed by atoms with Gasteiger partial charge in [0.2, 0.25) is 0 Å². The molecule has 45 heavy (non-hydrogen) atoms. The van der Waals surface area contributed by atoms with Gasteiger partial charge in [-0.15, -0.1) is 16.4 Å². The van der Waals surface area contributed by atoms with Gasteiger partial charge in [0.25, 0.3) is 11.8 Å². The number of nitrogens with zero attached hydrogens (tertiary/aromatic N) is 4. The van der Waals surface area contributed by atoms with E-state index >= 15 is 0 Å². The summed E-state index contributed by atoms with van der Waals surface area (Å²) in [5.74, 6) is -0.451. The predicted molar refractivity (Wildman–Crippen MR) is 180 cm³/mol. The lowest BCUT2D eigenvalue weighted by Gasteiger charge is -2.26. The van der Waals surface area contributed by atoms with E-state index in [0.29, 0.717) is 27.9 Å². The molecule has 5 rings (SSSR count). The molecular weight excluding hydrogens is 586 g/mol. The third kappa shape index (κ3) is 7.99. The molecule has 2 aromatic heterocycles. The van der Waals surface area contributed by atoms with Crippen LogP contribution in [-0.4, -0.2) is 58.8 Å². The fourth-order valence-electron chi connectivity index (χ4n) is 5.74. The van der Waals surface area contributed by atoms with Gasteiger partial charge in [0, 0.05) is 29.7 Å². The van der Waals surface area contributed by atoms with Crippen LogP contribution in [0.2, 0.25) is 0 Å². The van der Waals surface area contributed by atoms with Gasteiger partial charge in [-0.1, -0.05) is 69.4 Å². The lowest BCUT2D eigenvalue weighted by Crippen LogP contribution is -2.30. The predicted octanol–water partition coefficient (Wildman–Crippen LogP) is 7.96. The van der Waals surface area contributed by atoms with Crippen molar-refractivity contribution >= 4 is 51.0 Å². The quantitative estimate of drug-likeness (QED) is 0.151. The number of piperidine rings is 1. The Kier molecular flexibility index (Phi) is 11.4. The maximum absolute atomic E-state index is 13.9. The minimum atomic E-state index is -0.630. The van der Waals surface area contributed by atoms with Crippen molar-refractivity contribution in [3.05, 3.63) is 76.7 Å². The highest BCUT2D eigenvalue weighted by atomic mass is 32.1. The van der Waals surface area contributed by atoms with Crippen molar-refractivity contribution in [2.24, 2.45) is 0 Å². The number of amides is 2. The first-order valence-electron chi connectivity index (χ1n) is 16.2. The van der Waals surface area contributed by atoms with Crippen LogP contribution in [0.5, 0.6) is 0 Å². The molecule has 0 bridgehead atoms. The van der Waals surface area contributed by atoms with Gasteiger partial charge in [0.05, 0.1) is 17.6 Å². The molecule has 1 saturated heterocycles. The largest absolute Gasteiger partial charge is 0.448 e. The molecule has 2 aromatic carbocycles. The number of aromatic nitrogens is 2. The summed E-state index contributed by atoms with van der Waals surface area (Å²) < 4.78 is 6.72. The Morgan fingerprint density at radius 2 is 1.67 bits per heavy atom. The fourth-order valence-corrected chi connectivity index (χ4v) is 6.72. The monoisotopic (exact) mass is 629 g/mol. The van der Waals surface area contributed by atoms with E-state index in [1.54, 1.807) is 10.3 Å². The lowest BCUT2D eigenvalue weighted by atomic mass is 10.1. The third-order valence-corrected chi connectivity index (χ3v) is 9.16. The fraction of sp³-hybridized carbons (Fsp3) is 0.429. The smallest absolute Gasteiger partial charge is 0.436 e. The average Bonchev–Trinajstić information content (AvgIpc) is 3.66. The van der Waals surface area contributed by atoms with E-state index in [9.17, 15) is 14.4 Å². The molecule has 0 spiro atoms. The summed E-state index contributed by atoms with van der Waals surface area (Å²) in [5, 5.41) is 9.52. The Labute approximate surface area is 269 Å². The van der Waals surface area contributed by atoms with Crippen molar-refractivity contribution in [1.82, 2.24) is 14.7 Å². The molecule has 1 fully saturated rings. The van der Waals surface area contributed by atoms with E-state index in [1.165, 1.54) is 35.3 Å². The Morgan fingerprint density at radius 1 is 0.933 bits per heavy atom. The molecule has 1 aliphatic rings. The maximum atomic E-state index is 13.9. The summed E-state index contributed by atoms with van der Waals surface area (Å²) in [7, 11) is 0. The van der Waals surface area contributed by atoms with Gasteiger partial charge in [-0.2, -0.15) is 4.68 Å². The summed E-state index contributed by atoms with van der Waals surface area (Å²) in [6, 6.07) is 17.0. The Balaban J connectivity index is 1.39. The SMILES string of the molecule is CCCCCCCOC(=O)n1nc(NC(=O)c2ccc(CN3CCCCC3)cc2)c2c(C(=O)N(CC)c3ccccc3)csc21. The Morgan fingerprint density at radius 3 is 2.38 bits per heavy atom. The standard InChI is InChI=1S/C35H43N5O4S/c1-3-5-6-7-14-23-44-35(43)40-34-30(29(25-45-34)33(42)39(4-2)28-15-10-8-11-16-28)31(37-40)36-32(41)27-19-17-26(18-20-27)24-38-21-12-9-13-22-38/h8,10-11,15-20,25H,3-7,9,12-14,21-24H2,1-2H3,(H,36,37,41). The highest BCUT2D eigenvalue weighted by molar-refractivity contribution is 7.17. The molecule has 0 radical (unpaired) electrons. The second-order valence-electron chi connectivity index (χ2n) is 11.5. The first kappa shape index (κ1) is 32.4. The van der Waals surface area contributed by atoms with E-state index < -0.39 is 6.09 Å². The van der Waals surface area contributed by atoms with E-state index in [1.807, 2.05) is 61.5 Å². The molecule has 0 saturated carbocycles. The zero-order chi connectivity index (χ0) is 31.6. The van der Waals surface area contributed by atoms with E-state index in [4.69, 9.17) is 4.74 Å². The van der Waals surface area contributed by atoms with Crippen molar-refractivity contribution < 1.29 is 19.1 Å². The first-order chi connectivity index (χ1) is 22.0. The van der Waals surface area contributed by atoms with Gasteiger partial charge < -0.3 is 15.0 Å². The lowest BCUT2D eigenvalue weighted by molar-refractivity contribution is 0.0987. The average molecular weight is 630 g/mol. The molecule has 0 atom stereocenters. The molecule has 2 amide bonds. The number of likely N-dealkylation sites (tertiary alicyclic amines) is 1. The van der Waals surface area contributed by atoms with Crippen LogP contribution in [0.15, 0.2) is 60.0 Å². The van der Waals surface area contributed by atoms with Crippen LogP contribution in [0.1, 0.15) is 91.5 Å². The van der Waals surface area contributed by atoms with Crippen LogP contribution >= 0.6 is 11.3 Å². The molecule has 10 heteroatoms. The van der Waals surface area contributed by atoms with Crippen molar-refractivity contribution in [3.8, 4) is 0 Å². The number of nitrogens with one attached hydrogen (secondary N) is 1. The van der Waals surface area contributed by atoms with Crippen molar-refractivity contribution in [1.29, 1.82) is 0 Å². The zero-order valence-corrected chi connectivity index (χ0v) is 27.1. The highest BCUT2D eigenvalue weighted by Gasteiger charge is 2.28. The number of carbonyl (C=O) groups is 3. The molecule has 1 N–H and O–H groups in total. The number of thiophene rings is 1. The Bertz CT molecular complexity index is 1570. The summed E-state index contributed by atoms with van der Waals surface area (Å²) in [6.45, 7) is 7.86. The van der Waals surface area contributed by atoms with Gasteiger partial charge in [-0.3, -0.25) is 14.5 Å². The number of para-hydroxylation sites is 1. The number of unbranched alkanes of at least 4 members (excludes halogenated alkanes) is 4. The van der Waals surface area contributed by atoms with Gasteiger partial charge in [-0.25, -0.2) is 4.79 Å². The van der Waals surface area contributed by atoms with E-state index in [2.05, 4.69) is 22.2 Å². The number of benzene rings is 2. The summed E-state index contributed by atoms with van der Waals surface area (Å²) >= 11 is 1.23. The van der Waals surface area contributed by atoms with Gasteiger partial charge in [0.15, 0.2) is 5.82 Å². The van der Waals surface area contributed by atoms with Crippen LogP contribution in [-0.2, 0) is 11.3 Å². The number of anilines is 2. The first-order valence-corrected chi connectivity index (χ1v) is 17.0. The van der Waals surface area contributed by atoms with E-state index in [-0.39, 0.29) is 24.2 Å². The number of hydrogen-bond donors (Lipinski definition) is 1. The summed E-state index contributed by atoms with van der Waals surface area (Å²) in [5.41, 5.74) is 2.75. The van der Waals surface area contributed by atoms with Crippen LogP contribution in [0, 0.1) is 0 Å². The summed E-state index contributed by atoms with van der Waals surface area (Å²) in [4.78, 5) is 45.1. The van der Waals surface area contributed by atoms with Crippen molar-refractivity contribution in [2.75, 3.05) is 36.5 Å². The number of fused-ring (bicyclic) bond motifs is 1. The minimum Gasteiger partial charge on any atom is -0.448 e. The third-order valence-electron chi connectivity index (χ3n) is 8.21. The van der Waals surface area contributed by atoms with Crippen LogP contribution in [0.3, 0.4) is 0 Å². The number of hydrogen-bond acceptors (Lipinski definition) is 7. The maximum Gasteiger partial charge on any atom is 0.436 e. The summed E-state index contributed by atoms with van der Waals surface area (Å²) in [6.07, 6.45) is 8.25. The van der Waals surface area contributed by atoms with Gasteiger partial charge >= 0.3 is 6.09 Å². The molecule has 1 aliphatic heterocycles. The van der Waals surface area contributed by atoms with Crippen LogP contribution in [0.25, 0.3) is 10.2 Å². The Hall–Kier alpha value is -4.02. The van der Waals surface area contributed by atoms with Gasteiger partial charge in [0.1, 0.15) is 4.83 Å². The highest BCUT2D eigenvalue weighted by Crippen LogP contribution is 2.34. The molecule has 0 aliphatic carbocycles. The molecule has 4 aromatic rings. The van der Waals surface area contributed by atoms with Crippen molar-refractivity contribution in [2.45, 2.75) is 71.8 Å². The van der Waals surface area contributed by atoms with Gasteiger partial charge in [-0.05, 0) is 69.1 Å². The molecular formula is C35H43N5O4S. The molecule has 9 nitrogen and oxygen atoms in total. The number of rotatable bonds is 13. The van der Waals surface area contributed by atoms with E-state index in [0.717, 1.165) is 63.0 Å². The second-order valence-corrected chi connectivity index (χ2v) is 12.3. The number of carbonyl (C=O) groups excluding carboxylic acids is 3. The van der Waals surface area contributed by atoms with Crippen molar-refractivity contribution in [3.63, 3.8) is 0 Å². The minimum absolute atomic E-state index is 0.154. The molecule has 3 heterocycles. The molecule has 238 valence electrons. The van der Waals surface area contributed by atoms with Crippen LogP contribution in [0.4, 0.5) is 16.3 Å². The topological polar surface area (TPSA) is 96.8 Å². The molecule has 0 unspecified atom stereocenters. The number of ether oxygens (including phenoxy) is 1. The normalized spacial score (nSPS) is 13.6. The van der Waals surface area contributed by atoms with Crippen LogP contribution < -0.4 is 10.2 Å². The second kappa shape index (κ2) is 15.8.